The quantitative estimate of drug-likeness (QED) is 0.875. The predicted octanol–water partition coefficient (Wildman–Crippen LogP) is 2.27. The maximum absolute atomic E-state index is 11.3. The Kier molecular flexibility index (Phi) is 5.72. The Bertz CT molecular complexity index is 517. The molecule has 7 heteroatoms. The van der Waals surface area contributed by atoms with Crippen LogP contribution in [0.15, 0.2) is 12.1 Å². The van der Waals surface area contributed by atoms with Gasteiger partial charge in [0.1, 0.15) is 12.4 Å². The van der Waals surface area contributed by atoms with Crippen molar-refractivity contribution in [2.45, 2.75) is 13.5 Å². The van der Waals surface area contributed by atoms with Crippen molar-refractivity contribution in [3.8, 4) is 5.75 Å². The molecule has 2 N–H and O–H groups in total. The molecule has 1 rings (SSSR count). The number of ether oxygens (including phenoxy) is 1. The van der Waals surface area contributed by atoms with E-state index in [0.717, 1.165) is 0 Å². The molecule has 0 radical (unpaired) electrons. The molecule has 0 saturated carbocycles. The zero-order chi connectivity index (χ0) is 13.8. The molecule has 0 spiro atoms. The van der Waals surface area contributed by atoms with Crippen LogP contribution in [-0.2, 0) is 16.4 Å². The van der Waals surface area contributed by atoms with E-state index in [1.807, 2.05) is 0 Å². The molecule has 102 valence electrons. The maximum Gasteiger partial charge on any atom is 0.153 e. The number of sulfone groups is 1. The van der Waals surface area contributed by atoms with Crippen LogP contribution in [0.5, 0.6) is 5.75 Å². The van der Waals surface area contributed by atoms with E-state index in [4.69, 9.17) is 33.7 Å². The summed E-state index contributed by atoms with van der Waals surface area (Å²) in [5.74, 6) is 0.441. The average molecular weight is 312 g/mol. The van der Waals surface area contributed by atoms with Crippen LogP contribution in [0.25, 0.3) is 0 Å². The van der Waals surface area contributed by atoms with Crippen LogP contribution in [0.2, 0.25) is 10.0 Å². The second-order valence-corrected chi connectivity index (χ2v) is 6.98. The van der Waals surface area contributed by atoms with Gasteiger partial charge in [0, 0.05) is 22.9 Å². The second-order valence-electron chi connectivity index (χ2n) is 3.66. The Balaban J connectivity index is 2.79. The van der Waals surface area contributed by atoms with Crippen molar-refractivity contribution in [2.24, 2.45) is 5.73 Å². The van der Waals surface area contributed by atoms with E-state index in [1.54, 1.807) is 13.0 Å². The third kappa shape index (κ3) is 4.31. The largest absolute Gasteiger partial charge is 0.491 e. The normalized spacial score (nSPS) is 11.6. The highest BCUT2D eigenvalue weighted by Crippen LogP contribution is 2.32. The van der Waals surface area contributed by atoms with Crippen LogP contribution in [0.4, 0.5) is 0 Å². The fourth-order valence-electron chi connectivity index (χ4n) is 1.34. The van der Waals surface area contributed by atoms with Crippen LogP contribution >= 0.6 is 23.2 Å². The monoisotopic (exact) mass is 311 g/mol. The molecule has 0 aromatic heterocycles. The van der Waals surface area contributed by atoms with Gasteiger partial charge in [0.2, 0.25) is 0 Å². The first kappa shape index (κ1) is 15.6. The van der Waals surface area contributed by atoms with Crippen LogP contribution in [0, 0.1) is 0 Å². The van der Waals surface area contributed by atoms with E-state index < -0.39 is 9.84 Å². The summed E-state index contributed by atoms with van der Waals surface area (Å²) in [5.41, 5.74) is 6.21. The number of hydrogen-bond donors (Lipinski definition) is 1. The summed E-state index contributed by atoms with van der Waals surface area (Å²) in [7, 11) is -3.06. The summed E-state index contributed by atoms with van der Waals surface area (Å²) in [6.45, 7) is 1.86. The average Bonchev–Trinajstić information content (AvgIpc) is 2.31. The van der Waals surface area contributed by atoms with Crippen molar-refractivity contribution in [3.05, 3.63) is 27.7 Å². The first-order chi connectivity index (χ1) is 8.39. The van der Waals surface area contributed by atoms with Crippen molar-refractivity contribution in [2.75, 3.05) is 18.1 Å². The molecule has 18 heavy (non-hydrogen) atoms. The van der Waals surface area contributed by atoms with Gasteiger partial charge in [0.05, 0.1) is 10.8 Å². The summed E-state index contributed by atoms with van der Waals surface area (Å²) in [4.78, 5) is 0. The Morgan fingerprint density at radius 1 is 1.33 bits per heavy atom. The highest BCUT2D eigenvalue weighted by atomic mass is 35.5. The van der Waals surface area contributed by atoms with E-state index in [0.29, 0.717) is 21.4 Å². The molecule has 0 amide bonds. The van der Waals surface area contributed by atoms with Gasteiger partial charge in [-0.25, -0.2) is 8.42 Å². The van der Waals surface area contributed by atoms with Crippen molar-refractivity contribution >= 4 is 33.0 Å². The lowest BCUT2D eigenvalue weighted by Crippen LogP contribution is -2.16. The number of hydrogen-bond acceptors (Lipinski definition) is 4. The molecule has 0 aliphatic heterocycles. The van der Waals surface area contributed by atoms with Crippen molar-refractivity contribution in [1.29, 1.82) is 0 Å². The molecule has 0 aliphatic carbocycles. The van der Waals surface area contributed by atoms with E-state index in [9.17, 15) is 8.42 Å². The zero-order valence-electron chi connectivity index (χ0n) is 9.95. The first-order valence-electron chi connectivity index (χ1n) is 5.41. The number of benzene rings is 1. The minimum Gasteiger partial charge on any atom is -0.491 e. The number of nitrogens with two attached hydrogens (primary N) is 1. The minimum atomic E-state index is -3.06. The van der Waals surface area contributed by atoms with E-state index in [-0.39, 0.29) is 24.7 Å². The highest BCUT2D eigenvalue weighted by molar-refractivity contribution is 7.91. The van der Waals surface area contributed by atoms with Gasteiger partial charge in [0.25, 0.3) is 0 Å². The lowest BCUT2D eigenvalue weighted by atomic mass is 10.2. The van der Waals surface area contributed by atoms with Gasteiger partial charge in [-0.05, 0) is 12.1 Å². The molecule has 0 fully saturated rings. The van der Waals surface area contributed by atoms with Gasteiger partial charge in [-0.15, -0.1) is 0 Å². The zero-order valence-corrected chi connectivity index (χ0v) is 12.3. The summed E-state index contributed by atoms with van der Waals surface area (Å²) in [6.07, 6.45) is 0. The summed E-state index contributed by atoms with van der Waals surface area (Å²) in [5, 5.41) is 0.797. The van der Waals surface area contributed by atoms with Crippen LogP contribution < -0.4 is 10.5 Å². The van der Waals surface area contributed by atoms with Gasteiger partial charge in [-0.3, -0.25) is 0 Å². The molecule has 1 aromatic carbocycles. The lowest BCUT2D eigenvalue weighted by molar-refractivity contribution is 0.337. The predicted molar refractivity (Wildman–Crippen MR) is 74.2 cm³/mol. The summed E-state index contributed by atoms with van der Waals surface area (Å²) < 4.78 is 28.1. The van der Waals surface area contributed by atoms with Gasteiger partial charge >= 0.3 is 0 Å². The highest BCUT2D eigenvalue weighted by Gasteiger charge is 2.12. The van der Waals surface area contributed by atoms with Gasteiger partial charge in [-0.2, -0.15) is 0 Å². The fourth-order valence-corrected chi connectivity index (χ4v) is 2.56. The van der Waals surface area contributed by atoms with E-state index in [2.05, 4.69) is 0 Å². The Morgan fingerprint density at radius 3 is 2.56 bits per heavy atom. The number of halogens is 2. The number of rotatable bonds is 6. The molecular formula is C11H15Cl2NO3S. The molecule has 0 aliphatic rings. The lowest BCUT2D eigenvalue weighted by Gasteiger charge is -2.12. The van der Waals surface area contributed by atoms with E-state index >= 15 is 0 Å². The second kappa shape index (κ2) is 6.61. The molecule has 0 bridgehead atoms. The maximum atomic E-state index is 11.3. The summed E-state index contributed by atoms with van der Waals surface area (Å²) >= 11 is 11.8. The molecule has 1 aromatic rings. The Labute approximate surface area is 117 Å². The van der Waals surface area contributed by atoms with Gasteiger partial charge in [0.15, 0.2) is 9.84 Å². The smallest absolute Gasteiger partial charge is 0.153 e. The molecular weight excluding hydrogens is 297 g/mol. The molecule has 0 saturated heterocycles. The standard InChI is InChI=1S/C11H15Cl2NO3S/c1-2-18(15,16)4-3-17-11-8(7-14)5-9(12)6-10(11)13/h5-6H,2-4,7,14H2,1H3. The fraction of sp³-hybridized carbons (Fsp3) is 0.455. The summed E-state index contributed by atoms with van der Waals surface area (Å²) in [6, 6.07) is 3.18. The molecule has 0 heterocycles. The Hall–Kier alpha value is -0.490. The first-order valence-corrected chi connectivity index (χ1v) is 7.98. The van der Waals surface area contributed by atoms with Crippen molar-refractivity contribution < 1.29 is 13.2 Å². The Morgan fingerprint density at radius 2 is 2.00 bits per heavy atom. The van der Waals surface area contributed by atoms with Crippen molar-refractivity contribution in [1.82, 2.24) is 0 Å². The molecule has 4 nitrogen and oxygen atoms in total. The van der Waals surface area contributed by atoms with E-state index in [1.165, 1.54) is 6.07 Å². The topological polar surface area (TPSA) is 69.4 Å². The molecule has 0 unspecified atom stereocenters. The SMILES string of the molecule is CCS(=O)(=O)CCOc1c(Cl)cc(Cl)cc1CN. The van der Waals surface area contributed by atoms with Crippen LogP contribution in [0.1, 0.15) is 12.5 Å². The van der Waals surface area contributed by atoms with Crippen molar-refractivity contribution in [3.63, 3.8) is 0 Å². The third-order valence-electron chi connectivity index (χ3n) is 2.39. The minimum absolute atomic E-state index is 0.0462. The van der Waals surface area contributed by atoms with Crippen LogP contribution in [0.3, 0.4) is 0 Å². The van der Waals surface area contributed by atoms with Gasteiger partial charge in [-0.1, -0.05) is 30.1 Å². The molecule has 0 atom stereocenters. The van der Waals surface area contributed by atoms with Gasteiger partial charge < -0.3 is 10.5 Å². The van der Waals surface area contributed by atoms with Crippen LogP contribution in [-0.4, -0.2) is 26.5 Å². The third-order valence-corrected chi connectivity index (χ3v) is 4.55.